The number of nitrogens with one attached hydrogen (secondary N) is 1. The predicted octanol–water partition coefficient (Wildman–Crippen LogP) is 3.77. The third-order valence-corrected chi connectivity index (χ3v) is 5.47. The molecule has 5 heteroatoms. The van der Waals surface area contributed by atoms with Crippen molar-refractivity contribution in [2.24, 2.45) is 0 Å². The van der Waals surface area contributed by atoms with Crippen LogP contribution in [0.1, 0.15) is 23.3 Å². The van der Waals surface area contributed by atoms with Crippen LogP contribution >= 0.6 is 22.9 Å². The summed E-state index contributed by atoms with van der Waals surface area (Å²) in [5.41, 5.74) is 0.556. The maximum absolute atomic E-state index is 12.5. The smallest absolute Gasteiger partial charge is 0.225 e. The fraction of sp³-hybridized carbons (Fsp3) is 0.353. The molecule has 1 saturated heterocycles. The van der Waals surface area contributed by atoms with Crippen LogP contribution in [0.25, 0.3) is 0 Å². The lowest BCUT2D eigenvalue weighted by molar-refractivity contribution is -0.123. The summed E-state index contributed by atoms with van der Waals surface area (Å²) in [6.45, 7) is 1.34. The molecule has 0 unspecified atom stereocenters. The Balaban J connectivity index is 1.76. The molecule has 22 heavy (non-hydrogen) atoms. The third-order valence-electron chi connectivity index (χ3n) is 4.03. The van der Waals surface area contributed by atoms with Crippen molar-refractivity contribution in [1.82, 2.24) is 5.32 Å². The van der Waals surface area contributed by atoms with Crippen LogP contribution in [0.3, 0.4) is 0 Å². The first-order valence-electron chi connectivity index (χ1n) is 7.36. The van der Waals surface area contributed by atoms with Gasteiger partial charge in [0.15, 0.2) is 0 Å². The molecule has 0 spiro atoms. The van der Waals surface area contributed by atoms with E-state index >= 15 is 0 Å². The van der Waals surface area contributed by atoms with E-state index in [1.165, 1.54) is 4.88 Å². The van der Waals surface area contributed by atoms with Gasteiger partial charge in [-0.3, -0.25) is 4.79 Å². The van der Waals surface area contributed by atoms with Gasteiger partial charge >= 0.3 is 0 Å². The Hall–Kier alpha value is -1.36. The van der Waals surface area contributed by atoms with Crippen molar-refractivity contribution >= 4 is 28.8 Å². The van der Waals surface area contributed by atoms with Crippen LogP contribution in [-0.4, -0.2) is 19.1 Å². The Kier molecular flexibility index (Phi) is 4.81. The fourth-order valence-electron chi connectivity index (χ4n) is 2.83. The zero-order chi connectivity index (χ0) is 15.4. The van der Waals surface area contributed by atoms with Gasteiger partial charge in [-0.2, -0.15) is 0 Å². The maximum atomic E-state index is 12.5. The van der Waals surface area contributed by atoms with Crippen LogP contribution in [0.4, 0.5) is 0 Å². The van der Waals surface area contributed by atoms with Gasteiger partial charge < -0.3 is 10.1 Å². The van der Waals surface area contributed by atoms with Crippen molar-refractivity contribution in [1.29, 1.82) is 0 Å². The Morgan fingerprint density at radius 1 is 1.23 bits per heavy atom. The number of hydrogen-bond acceptors (Lipinski definition) is 3. The summed E-state index contributed by atoms with van der Waals surface area (Å²) in [7, 11) is 0. The average Bonchev–Trinajstić information content (AvgIpc) is 3.05. The van der Waals surface area contributed by atoms with Crippen molar-refractivity contribution in [3.05, 3.63) is 57.2 Å². The summed E-state index contributed by atoms with van der Waals surface area (Å²) in [6.07, 6.45) is 1.91. The topological polar surface area (TPSA) is 38.3 Å². The maximum Gasteiger partial charge on any atom is 0.225 e. The molecule has 0 bridgehead atoms. The molecule has 3 rings (SSSR count). The molecule has 1 fully saturated rings. The van der Waals surface area contributed by atoms with Gasteiger partial charge in [-0.1, -0.05) is 35.9 Å². The molecular formula is C17H18ClNO2S. The summed E-state index contributed by atoms with van der Waals surface area (Å²) in [5.74, 6) is 0.00315. The lowest BCUT2D eigenvalue weighted by Crippen LogP contribution is -2.49. The van der Waals surface area contributed by atoms with Crippen molar-refractivity contribution in [2.45, 2.75) is 24.8 Å². The highest BCUT2D eigenvalue weighted by Gasteiger charge is 2.36. The number of carbonyl (C=O) groups is 1. The first kappa shape index (κ1) is 15.5. The van der Waals surface area contributed by atoms with Gasteiger partial charge in [0.1, 0.15) is 0 Å². The van der Waals surface area contributed by atoms with Gasteiger partial charge in [-0.05, 0) is 35.9 Å². The van der Waals surface area contributed by atoms with Crippen LogP contribution in [0.5, 0.6) is 0 Å². The Morgan fingerprint density at radius 2 is 2.00 bits per heavy atom. The van der Waals surface area contributed by atoms with Crippen LogP contribution in [0.15, 0.2) is 41.8 Å². The number of ether oxygens (including phenoxy) is 1. The Labute approximate surface area is 139 Å². The van der Waals surface area contributed by atoms with Gasteiger partial charge in [0, 0.05) is 23.1 Å². The quantitative estimate of drug-likeness (QED) is 0.923. The molecule has 3 nitrogen and oxygen atoms in total. The summed E-state index contributed by atoms with van der Waals surface area (Å²) in [5, 5.41) is 5.93. The summed E-state index contributed by atoms with van der Waals surface area (Å²) >= 11 is 7.83. The first-order chi connectivity index (χ1) is 10.7. The monoisotopic (exact) mass is 335 g/mol. The molecule has 0 aliphatic carbocycles. The molecule has 0 saturated carbocycles. The van der Waals surface area contributed by atoms with E-state index in [0.717, 1.165) is 18.4 Å². The number of benzene rings is 1. The molecular weight excluding hydrogens is 318 g/mol. The molecule has 1 aliphatic rings. The van der Waals surface area contributed by atoms with Crippen molar-refractivity contribution in [3.8, 4) is 0 Å². The zero-order valence-electron chi connectivity index (χ0n) is 12.2. The zero-order valence-corrected chi connectivity index (χ0v) is 13.8. The molecule has 1 amide bonds. The SMILES string of the molecule is O=C(Cc1ccccc1Cl)NC1(c2cccs2)CCOCC1. The lowest BCUT2D eigenvalue weighted by Gasteiger charge is -2.37. The van der Waals surface area contributed by atoms with E-state index in [1.54, 1.807) is 11.3 Å². The van der Waals surface area contributed by atoms with Crippen LogP contribution in [0, 0.1) is 0 Å². The Morgan fingerprint density at radius 3 is 2.68 bits per heavy atom. The van der Waals surface area contributed by atoms with Crippen LogP contribution < -0.4 is 5.32 Å². The largest absolute Gasteiger partial charge is 0.381 e. The second-order valence-corrected chi connectivity index (χ2v) is 6.84. The minimum atomic E-state index is -0.301. The molecule has 116 valence electrons. The normalized spacial score (nSPS) is 17.1. The van der Waals surface area contributed by atoms with Gasteiger partial charge in [0.25, 0.3) is 0 Å². The van der Waals surface area contributed by atoms with E-state index in [4.69, 9.17) is 16.3 Å². The van der Waals surface area contributed by atoms with E-state index < -0.39 is 0 Å². The average molecular weight is 336 g/mol. The van der Waals surface area contributed by atoms with Crippen molar-refractivity contribution in [3.63, 3.8) is 0 Å². The fourth-order valence-corrected chi connectivity index (χ4v) is 3.97. The Bertz CT molecular complexity index is 636. The lowest BCUT2D eigenvalue weighted by atomic mass is 9.88. The minimum Gasteiger partial charge on any atom is -0.381 e. The molecule has 0 atom stereocenters. The second-order valence-electron chi connectivity index (χ2n) is 5.49. The number of halogens is 1. The first-order valence-corrected chi connectivity index (χ1v) is 8.61. The molecule has 1 aliphatic heterocycles. The molecule has 2 heterocycles. The van der Waals surface area contributed by atoms with E-state index in [-0.39, 0.29) is 11.4 Å². The van der Waals surface area contributed by atoms with Crippen LogP contribution in [-0.2, 0) is 21.5 Å². The van der Waals surface area contributed by atoms with Gasteiger partial charge in [0.2, 0.25) is 5.91 Å². The minimum absolute atomic E-state index is 0.00315. The highest BCUT2D eigenvalue weighted by atomic mass is 35.5. The number of rotatable bonds is 4. The standard InChI is InChI=1S/C17H18ClNO2S/c18-14-5-2-1-4-13(14)12-16(20)19-17(7-9-21-10-8-17)15-6-3-11-22-15/h1-6,11H,7-10,12H2,(H,19,20). The molecule has 1 aromatic carbocycles. The molecule has 1 aromatic heterocycles. The number of thiophene rings is 1. The van der Waals surface area contributed by atoms with Gasteiger partial charge in [0.05, 0.1) is 12.0 Å². The molecule has 2 aromatic rings. The van der Waals surface area contributed by atoms with Gasteiger partial charge in [-0.15, -0.1) is 11.3 Å². The number of amides is 1. The summed E-state index contributed by atoms with van der Waals surface area (Å²) in [6, 6.07) is 11.6. The van der Waals surface area contributed by atoms with E-state index in [9.17, 15) is 4.79 Å². The highest BCUT2D eigenvalue weighted by molar-refractivity contribution is 7.10. The van der Waals surface area contributed by atoms with Crippen LogP contribution in [0.2, 0.25) is 5.02 Å². The third kappa shape index (κ3) is 3.35. The van der Waals surface area contributed by atoms with Crippen molar-refractivity contribution in [2.75, 3.05) is 13.2 Å². The van der Waals surface area contributed by atoms with Crippen molar-refractivity contribution < 1.29 is 9.53 Å². The van der Waals surface area contributed by atoms with E-state index in [1.807, 2.05) is 35.7 Å². The van der Waals surface area contributed by atoms with Gasteiger partial charge in [-0.25, -0.2) is 0 Å². The number of hydrogen-bond donors (Lipinski definition) is 1. The highest BCUT2D eigenvalue weighted by Crippen LogP contribution is 2.35. The van der Waals surface area contributed by atoms with E-state index in [0.29, 0.717) is 24.7 Å². The molecule has 0 radical (unpaired) electrons. The van der Waals surface area contributed by atoms with E-state index in [2.05, 4.69) is 11.4 Å². The summed E-state index contributed by atoms with van der Waals surface area (Å²) in [4.78, 5) is 13.7. The second kappa shape index (κ2) is 6.82. The summed E-state index contributed by atoms with van der Waals surface area (Å²) < 4.78 is 5.47. The predicted molar refractivity (Wildman–Crippen MR) is 89.3 cm³/mol. The number of carbonyl (C=O) groups excluding carboxylic acids is 1. The molecule has 1 N–H and O–H groups in total.